The summed E-state index contributed by atoms with van der Waals surface area (Å²) in [7, 11) is 5.22. The Morgan fingerprint density at radius 3 is 1.32 bits per heavy atom. The van der Waals surface area contributed by atoms with E-state index < -0.39 is 41.8 Å². The number of methoxy groups -OCH3 is 4. The molecule has 0 radical (unpaired) electrons. The van der Waals surface area contributed by atoms with Gasteiger partial charge in [-0.3, -0.25) is 19.2 Å². The molecule has 0 bridgehead atoms. The van der Waals surface area contributed by atoms with E-state index in [0.717, 1.165) is 95.4 Å². The quantitative estimate of drug-likeness (QED) is 0.0167. The van der Waals surface area contributed by atoms with Crippen LogP contribution in [0.15, 0.2) is 135 Å². The third-order valence-electron chi connectivity index (χ3n) is 14.7. The second-order valence-electron chi connectivity index (χ2n) is 22.5. The van der Waals surface area contributed by atoms with Crippen molar-refractivity contribution in [3.8, 4) is 28.7 Å². The van der Waals surface area contributed by atoms with E-state index in [-0.39, 0.29) is 83.6 Å². The molecule has 6 aromatic carbocycles. The number of nitrogens with zero attached hydrogens (tertiary/aromatic N) is 3. The number of Topliss-reactive ketones (excluding diaryl/α,β-unsaturated/α-hetero) is 2. The normalized spacial score (nSPS) is 13.0. The third-order valence-corrected chi connectivity index (χ3v) is 19.6. The number of hydrogen-bond acceptors (Lipinski definition) is 28. The van der Waals surface area contributed by atoms with Gasteiger partial charge in [-0.25, -0.2) is 33.3 Å². The lowest BCUT2D eigenvalue weighted by atomic mass is 10.1. The fraction of sp³-hybridized carbons (Fsp3) is 0.324. The summed E-state index contributed by atoms with van der Waals surface area (Å²) in [5, 5.41) is 57.7. The molecule has 7 aromatic rings. The number of ether oxygens (including phenoxy) is 9. The smallest absolute Gasteiger partial charge is 0.341 e. The number of hydrogen-bond donors (Lipinski definition) is 7. The largest absolute Gasteiger partial charge is 1.00 e. The van der Waals surface area contributed by atoms with Crippen molar-refractivity contribution >= 4 is 206 Å². The number of fused-ring (bicyclic) bond motifs is 1. The Morgan fingerprint density at radius 1 is 0.518 bits per heavy atom. The number of nitrogens with one attached hydrogen (secondary N) is 1. The van der Waals surface area contributed by atoms with Crippen LogP contribution in [0, 0.1) is 0 Å². The predicted molar refractivity (Wildman–Crippen MR) is 443 cm³/mol. The fourth-order valence-electron chi connectivity index (χ4n) is 8.93. The van der Waals surface area contributed by atoms with Crippen LogP contribution in [-0.2, 0) is 42.7 Å². The van der Waals surface area contributed by atoms with Gasteiger partial charge in [0.2, 0.25) is 0 Å². The first kappa shape index (κ1) is 102. The van der Waals surface area contributed by atoms with Gasteiger partial charge in [-0.05, 0) is 197 Å². The molecular formula is C74H80Br5Cl3N4O26S2. The van der Waals surface area contributed by atoms with Crippen LogP contribution in [0.5, 0.6) is 28.7 Å². The lowest BCUT2D eigenvalue weighted by Gasteiger charge is -2.27. The molecule has 0 atom stereocenters. The molecule has 7 N–H and O–H groups in total. The molecule has 4 saturated heterocycles. The topological polar surface area (TPSA) is 410 Å². The summed E-state index contributed by atoms with van der Waals surface area (Å²) in [6.45, 7) is 16.8. The number of esters is 5. The highest BCUT2D eigenvalue weighted by Crippen LogP contribution is 2.33. The maximum atomic E-state index is 12.4. The monoisotopic (exact) mass is 2000 g/mol. The molecule has 40 heteroatoms. The molecular weight excluding hydrogens is 1930 g/mol. The van der Waals surface area contributed by atoms with Gasteiger partial charge in [0.15, 0.2) is 41.6 Å². The molecule has 1 aromatic heterocycles. The maximum absolute atomic E-state index is 12.4. The number of morpholine rings is 4. The zero-order chi connectivity index (χ0) is 84.6. The number of anilines is 1. The number of thiocarbonyl (C=S) groups is 1. The van der Waals surface area contributed by atoms with E-state index >= 15 is 0 Å². The minimum atomic E-state index is -1.15. The molecule has 30 nitrogen and oxygen atoms in total. The number of aromatic carboxylic acids is 2. The highest BCUT2D eigenvalue weighted by atomic mass is 79.9. The SMILES string of the molecule is C1COCCN1.CC(=O)c1cc(C(=O)O)cc(Br)c1O.CC(=O)c1cc(C(=O)O)cc(Br)c1O.COC(=O)c1cc(Br)c2oc(N3CCOCC3)cc(=O)c2c1.COC(=O)c1ccc(O)c(Br)c1.COC(=O)c1ccc(O)cc1.COC(=O)c1ccc(OC(C)=O)c(Br)c1.CSC(=S)N1CCOCC1.ClC(Cl)=[N+]1CCOCC1.[Cl-]. The van der Waals surface area contributed by atoms with Crippen molar-refractivity contribution in [2.24, 2.45) is 0 Å². The number of rotatable bonds is 10. The number of ketones is 2. The number of carboxylic acids is 2. The highest BCUT2D eigenvalue weighted by molar-refractivity contribution is 9.11. The van der Waals surface area contributed by atoms with Crippen molar-refractivity contribution in [1.29, 1.82) is 0 Å². The lowest BCUT2D eigenvalue weighted by molar-refractivity contribution is -0.545. The summed E-state index contributed by atoms with van der Waals surface area (Å²) in [5.41, 5.74) is 1.66. The van der Waals surface area contributed by atoms with Gasteiger partial charge >= 0.3 is 46.4 Å². The number of benzene rings is 6. The fourth-order valence-corrected chi connectivity index (χ4v) is 12.2. The van der Waals surface area contributed by atoms with E-state index in [2.05, 4.69) is 109 Å². The van der Waals surface area contributed by atoms with Crippen LogP contribution in [-0.4, -0.2) is 242 Å². The molecule has 0 aliphatic carbocycles. The van der Waals surface area contributed by atoms with Crippen LogP contribution in [0.25, 0.3) is 11.0 Å². The van der Waals surface area contributed by atoms with Crippen molar-refractivity contribution in [3.05, 3.63) is 180 Å². The number of aromatic hydroxyl groups is 4. The third kappa shape index (κ3) is 35.7. The van der Waals surface area contributed by atoms with Gasteiger partial charge in [-0.1, -0.05) is 12.2 Å². The predicted octanol–water partition coefficient (Wildman–Crippen LogP) is 10.0. The Labute approximate surface area is 722 Å². The first-order chi connectivity index (χ1) is 53.5. The van der Waals surface area contributed by atoms with E-state index in [0.29, 0.717) is 89.2 Å². The Morgan fingerprint density at radius 2 is 0.930 bits per heavy atom. The number of carbonyl (C=O) groups excluding carboxylic acids is 7. The van der Waals surface area contributed by atoms with Gasteiger partial charge in [-0.2, -0.15) is 0 Å². The molecule has 620 valence electrons. The van der Waals surface area contributed by atoms with Crippen LogP contribution in [0.2, 0.25) is 0 Å². The Bertz CT molecular complexity index is 4450. The van der Waals surface area contributed by atoms with Gasteiger partial charge in [0.1, 0.15) is 46.3 Å². The molecule has 4 aliphatic rings. The summed E-state index contributed by atoms with van der Waals surface area (Å²) in [4.78, 5) is 115. The summed E-state index contributed by atoms with van der Waals surface area (Å²) < 4.78 is 54.6. The van der Waals surface area contributed by atoms with Gasteiger partial charge in [0.25, 0.3) is 0 Å². The van der Waals surface area contributed by atoms with Crippen molar-refractivity contribution in [3.63, 3.8) is 0 Å². The highest BCUT2D eigenvalue weighted by Gasteiger charge is 2.22. The van der Waals surface area contributed by atoms with Gasteiger partial charge in [-0.15, -0.1) is 11.8 Å². The molecule has 4 fully saturated rings. The number of thioether (sulfide) groups is 1. The Hall–Kier alpha value is -7.86. The first-order valence-electron chi connectivity index (χ1n) is 33.0. The molecule has 5 heterocycles. The van der Waals surface area contributed by atoms with Gasteiger partial charge in [0.05, 0.1) is 140 Å². The second kappa shape index (κ2) is 54.1. The van der Waals surface area contributed by atoms with Crippen molar-refractivity contribution in [2.45, 2.75) is 20.8 Å². The van der Waals surface area contributed by atoms with Gasteiger partial charge < -0.3 is 105 Å². The van der Waals surface area contributed by atoms with Crippen LogP contribution < -0.4 is 32.8 Å². The van der Waals surface area contributed by atoms with Crippen molar-refractivity contribution < 1.29 is 138 Å². The molecule has 0 unspecified atom stereocenters. The zero-order valence-electron chi connectivity index (χ0n) is 62.2. The van der Waals surface area contributed by atoms with Crippen molar-refractivity contribution in [2.75, 3.05) is 145 Å². The van der Waals surface area contributed by atoms with E-state index in [4.69, 9.17) is 83.9 Å². The minimum absolute atomic E-state index is 0. The van der Waals surface area contributed by atoms with Crippen LogP contribution in [0.1, 0.15) is 104 Å². The summed E-state index contributed by atoms with van der Waals surface area (Å²) in [5.74, 6) is -4.58. The molecule has 0 spiro atoms. The second-order valence-corrected chi connectivity index (χ2v) is 29.1. The number of phenols is 4. The van der Waals surface area contributed by atoms with Crippen LogP contribution in [0.4, 0.5) is 5.88 Å². The molecule has 0 saturated carbocycles. The van der Waals surface area contributed by atoms with Gasteiger partial charge in [0, 0.05) is 75.5 Å². The van der Waals surface area contributed by atoms with Crippen LogP contribution >= 0.6 is 127 Å². The summed E-state index contributed by atoms with van der Waals surface area (Å²) in [6, 6.07) is 24.2. The average Bonchev–Trinajstić information content (AvgIpc) is 0.775. The Balaban J connectivity index is 0.000000442. The molecule has 0 amide bonds. The maximum Gasteiger partial charge on any atom is 0.341 e. The summed E-state index contributed by atoms with van der Waals surface area (Å²) in [6.07, 6.45) is 2.01. The van der Waals surface area contributed by atoms with Crippen molar-refractivity contribution in [1.82, 2.24) is 10.2 Å². The number of halogens is 8. The Kier molecular flexibility index (Phi) is 48.5. The molecule has 4 aliphatic heterocycles. The van der Waals surface area contributed by atoms with E-state index in [1.54, 1.807) is 17.8 Å². The lowest BCUT2D eigenvalue weighted by Crippen LogP contribution is -3.00. The molecule has 114 heavy (non-hydrogen) atoms. The van der Waals surface area contributed by atoms with Crippen LogP contribution in [0.3, 0.4) is 0 Å². The minimum Gasteiger partial charge on any atom is -1.00 e. The zero-order valence-corrected chi connectivity index (χ0v) is 74.0. The number of carbonyl (C=O) groups is 9. The van der Waals surface area contributed by atoms with E-state index in [9.17, 15) is 58.2 Å². The number of carboxylic acid groups (broad SMARTS) is 2. The first-order valence-corrected chi connectivity index (χ1v) is 39.3. The van der Waals surface area contributed by atoms with E-state index in [1.165, 1.54) is 134 Å². The standard InChI is InChI=1S/C15H14BrNO5.C10H9BrO4.2C9H7BrO4.C8H7BrO3.C8H8O3.C6H11NOS2.C5H8Cl2NO.C4H9NO.ClH/c1-20-15(19)9-6-10-12(18)8-13(17-2-4-21-5-3-17)22-14(10)11(16)7-9;1-6(12)15-9-4-3-7(5-8(9)11)10(13)14-2;2*1-4(11)6-2-5(9(13)14)3-7(10)8(6)12;1-12-8(11)5-2-3-7(10)6(9)4-5;1-11-8(10)6-2-4-7(9)5-3-6;1-10-6(9)7-2-4-8-5-3-7;6-5(7)8-1-3-9-4-2-8;1-3-6-4-2-5-1;/h6-8H,2-5H2,1H3;3-5H,1-2H3;2*2-3,12H,1H3,(H,13,14);2-4,10H,1H3;2-5,9H,1H3;2-5H2,1H3;1-4H2;5H,1-4H2;1H/q;;;;;;;+1;;/p-1. The molecule has 11 rings (SSSR count). The number of phenolic OH excluding ortho intramolecular Hbond substituents is 4. The summed E-state index contributed by atoms with van der Waals surface area (Å²) >= 11 is 33.3. The average molecular weight is 2010 g/mol. The van der Waals surface area contributed by atoms with E-state index in [1.807, 2.05) is 15.7 Å².